The highest BCUT2D eigenvalue weighted by Crippen LogP contribution is 2.39. The molecule has 10 nitrogen and oxygen atoms in total. The van der Waals surface area contributed by atoms with E-state index in [1.54, 1.807) is 24.2 Å². The van der Waals surface area contributed by atoms with E-state index < -0.39 is 5.97 Å². The number of hydrogen-bond donors (Lipinski definition) is 2. The fourth-order valence-corrected chi connectivity index (χ4v) is 7.73. The Morgan fingerprint density at radius 1 is 0.940 bits per heavy atom. The number of anilines is 1. The summed E-state index contributed by atoms with van der Waals surface area (Å²) in [6.45, 7) is 6.27. The lowest BCUT2D eigenvalue weighted by Gasteiger charge is -2.32. The van der Waals surface area contributed by atoms with Gasteiger partial charge < -0.3 is 15.0 Å². The van der Waals surface area contributed by atoms with Crippen LogP contribution in [0.15, 0.2) is 67.0 Å². The Morgan fingerprint density at radius 3 is 2.44 bits per heavy atom. The smallest absolute Gasteiger partial charge is 0.306 e. The second kappa shape index (κ2) is 17.9. The number of ketones is 1. The van der Waals surface area contributed by atoms with Crippen LogP contribution in [0.4, 0.5) is 5.00 Å². The number of aromatic nitrogens is 2. The van der Waals surface area contributed by atoms with Gasteiger partial charge in [0.25, 0.3) is 5.91 Å². The molecule has 0 unspecified atom stereocenters. The van der Waals surface area contributed by atoms with Gasteiger partial charge in [-0.3, -0.25) is 29.2 Å². The fraction of sp³-hybridized carbons (Fsp3) is 0.410. The van der Waals surface area contributed by atoms with E-state index in [0.29, 0.717) is 41.3 Å². The van der Waals surface area contributed by atoms with Crippen molar-refractivity contribution >= 4 is 39.9 Å². The van der Waals surface area contributed by atoms with Crippen LogP contribution in [0.5, 0.6) is 0 Å². The number of likely N-dealkylation sites (N-methyl/N-ethyl adjacent to an activating group) is 1. The summed E-state index contributed by atoms with van der Waals surface area (Å²) in [6.07, 6.45) is 8.95. The highest BCUT2D eigenvalue weighted by molar-refractivity contribution is 7.17. The van der Waals surface area contributed by atoms with Gasteiger partial charge in [-0.2, -0.15) is 5.10 Å². The predicted octanol–water partition coefficient (Wildman–Crippen LogP) is 6.81. The van der Waals surface area contributed by atoms with Crippen LogP contribution < -0.4 is 5.32 Å². The van der Waals surface area contributed by atoms with Crippen molar-refractivity contribution in [1.29, 1.82) is 0 Å². The minimum absolute atomic E-state index is 0.0359. The minimum atomic E-state index is -0.391. The van der Waals surface area contributed by atoms with Crippen molar-refractivity contribution in [2.75, 3.05) is 25.5 Å². The molecule has 0 fully saturated rings. The molecule has 2 N–H and O–H groups in total. The van der Waals surface area contributed by atoms with Gasteiger partial charge in [-0.05, 0) is 67.3 Å². The van der Waals surface area contributed by atoms with Crippen molar-refractivity contribution < 1.29 is 23.9 Å². The first kappa shape index (κ1) is 36.7. The van der Waals surface area contributed by atoms with Crippen molar-refractivity contribution in [3.05, 3.63) is 105 Å². The molecule has 1 aliphatic rings. The molecular weight excluding hydrogens is 651 g/mol. The van der Waals surface area contributed by atoms with Crippen LogP contribution in [-0.4, -0.2) is 69.7 Å². The van der Waals surface area contributed by atoms with E-state index in [9.17, 15) is 19.2 Å². The van der Waals surface area contributed by atoms with E-state index >= 15 is 0 Å². The normalized spacial score (nSPS) is 12.5. The molecule has 2 aromatic heterocycles. The molecule has 0 atom stereocenters. The molecule has 2 amide bonds. The van der Waals surface area contributed by atoms with Gasteiger partial charge in [-0.1, -0.05) is 56.3 Å². The summed E-state index contributed by atoms with van der Waals surface area (Å²) < 4.78 is 5.33. The summed E-state index contributed by atoms with van der Waals surface area (Å²) in [6, 6.07) is 17.4. The number of ether oxygens (including phenoxy) is 1. The number of esters is 1. The average molecular weight is 698 g/mol. The first-order valence-corrected chi connectivity index (χ1v) is 18.3. The van der Waals surface area contributed by atoms with E-state index in [4.69, 9.17) is 4.74 Å². The average Bonchev–Trinajstić information content (AvgIpc) is 3.81. The number of aryl methyl sites for hydroxylation is 1. The Balaban J connectivity index is 1.20. The van der Waals surface area contributed by atoms with Gasteiger partial charge in [0.1, 0.15) is 11.6 Å². The quantitative estimate of drug-likeness (QED) is 0.0918. The lowest BCUT2D eigenvalue weighted by atomic mass is 9.92. The number of hydrogen-bond acceptors (Lipinski definition) is 8. The van der Waals surface area contributed by atoms with E-state index in [-0.39, 0.29) is 43.1 Å². The predicted molar refractivity (Wildman–Crippen MR) is 195 cm³/mol. The Bertz CT molecular complexity index is 1750. The van der Waals surface area contributed by atoms with Gasteiger partial charge in [-0.25, -0.2) is 0 Å². The molecule has 4 aromatic rings. The van der Waals surface area contributed by atoms with Crippen LogP contribution >= 0.6 is 11.3 Å². The number of thiophene rings is 1. The first-order valence-electron chi connectivity index (χ1n) is 17.5. The second-order valence-electron chi connectivity index (χ2n) is 12.8. The second-order valence-corrected chi connectivity index (χ2v) is 13.9. The molecule has 5 rings (SSSR count). The van der Waals surface area contributed by atoms with Gasteiger partial charge in [0, 0.05) is 55.8 Å². The summed E-state index contributed by atoms with van der Waals surface area (Å²) in [4.78, 5) is 57.5. The molecule has 2 heterocycles. The number of nitrogens with one attached hydrogen (secondary N) is 2. The number of carbonyl (C=O) groups excluding carboxylic acids is 4. The number of nitrogens with zero attached hydrogens (tertiary/aromatic N) is 3. The molecule has 0 bridgehead atoms. The third kappa shape index (κ3) is 9.54. The Labute approximate surface area is 298 Å². The Kier molecular flexibility index (Phi) is 13.1. The maximum Gasteiger partial charge on any atom is 0.306 e. The highest BCUT2D eigenvalue weighted by Gasteiger charge is 2.28. The molecule has 0 saturated heterocycles. The first-order chi connectivity index (χ1) is 24.3. The summed E-state index contributed by atoms with van der Waals surface area (Å²) in [5.41, 5.74) is 4.52. The maximum absolute atomic E-state index is 13.7. The van der Waals surface area contributed by atoms with Crippen LogP contribution in [0.2, 0.25) is 0 Å². The number of fused-ring (bicyclic) bond motifs is 1. The Morgan fingerprint density at radius 2 is 1.70 bits per heavy atom. The third-order valence-electron chi connectivity index (χ3n) is 9.35. The summed E-state index contributed by atoms with van der Waals surface area (Å²) in [5.74, 6) is -0.883. The molecule has 264 valence electrons. The number of H-pyrrole nitrogens is 1. The van der Waals surface area contributed by atoms with E-state index in [1.165, 1.54) is 22.4 Å². The lowest BCUT2D eigenvalue weighted by Crippen LogP contribution is -2.41. The number of carbonyl (C=O) groups is 4. The van der Waals surface area contributed by atoms with E-state index in [2.05, 4.69) is 34.3 Å². The van der Waals surface area contributed by atoms with Gasteiger partial charge in [0.15, 0.2) is 5.78 Å². The van der Waals surface area contributed by atoms with Gasteiger partial charge in [0.05, 0.1) is 23.7 Å². The van der Waals surface area contributed by atoms with Crippen LogP contribution in [0.25, 0.3) is 0 Å². The van der Waals surface area contributed by atoms with Crippen molar-refractivity contribution in [3.8, 4) is 0 Å². The Hall–Kier alpha value is -4.61. The van der Waals surface area contributed by atoms with E-state index in [0.717, 1.165) is 55.2 Å². The zero-order valence-corrected chi connectivity index (χ0v) is 30.0. The van der Waals surface area contributed by atoms with Crippen LogP contribution in [0.3, 0.4) is 0 Å². The maximum atomic E-state index is 13.7. The fourth-order valence-electron chi connectivity index (χ4n) is 6.44. The van der Waals surface area contributed by atoms with Crippen LogP contribution in [-0.2, 0) is 40.3 Å². The third-order valence-corrected chi connectivity index (χ3v) is 10.6. The molecular formula is C39H47N5O5S. The monoisotopic (exact) mass is 697 g/mol. The lowest BCUT2D eigenvalue weighted by molar-refractivity contribution is -0.147. The van der Waals surface area contributed by atoms with Gasteiger partial charge >= 0.3 is 5.97 Å². The molecule has 1 aliphatic carbocycles. The van der Waals surface area contributed by atoms with Crippen LogP contribution in [0, 0.1) is 0 Å². The van der Waals surface area contributed by atoms with Crippen molar-refractivity contribution in [3.63, 3.8) is 0 Å². The molecule has 0 radical (unpaired) electrons. The molecule has 0 saturated carbocycles. The van der Waals surface area contributed by atoms with Crippen molar-refractivity contribution in [2.24, 2.45) is 0 Å². The van der Waals surface area contributed by atoms with Crippen molar-refractivity contribution in [2.45, 2.75) is 84.4 Å². The topological polar surface area (TPSA) is 125 Å². The SMILES string of the molecule is CCC(CC)N(CCN(C)C(=O)CCC(=O)OCc1ccccc1)Cc1cccc(C(=O)Nc2sc3c(c2C(=O)c2cn[nH]c2)CCCC3)c1. The molecule has 11 heteroatoms. The van der Waals surface area contributed by atoms with Crippen molar-refractivity contribution in [1.82, 2.24) is 20.0 Å². The summed E-state index contributed by atoms with van der Waals surface area (Å²) in [5, 5.41) is 10.3. The number of amides is 2. The van der Waals surface area contributed by atoms with Gasteiger partial charge in [0.2, 0.25) is 5.91 Å². The standard InChI is InChI=1S/C39H47N5O5S/c1-4-31(5-2)44(21-20-43(3)34(45)18-19-35(46)49-26-27-12-7-6-8-13-27)25-28-14-11-15-29(22-28)38(48)42-39-36(37(47)30-23-40-41-24-30)32-16-9-10-17-33(32)50-39/h6-8,11-15,22-24,31H,4-5,9-10,16-21,25-26H2,1-3H3,(H,40,41)(H,42,48). The van der Waals surface area contributed by atoms with E-state index in [1.807, 2.05) is 48.5 Å². The summed E-state index contributed by atoms with van der Waals surface area (Å²) >= 11 is 1.50. The molecule has 2 aromatic carbocycles. The number of benzene rings is 2. The van der Waals surface area contributed by atoms with Gasteiger partial charge in [-0.15, -0.1) is 11.3 Å². The molecule has 0 spiro atoms. The zero-order valence-electron chi connectivity index (χ0n) is 29.2. The number of aromatic amines is 1. The highest BCUT2D eigenvalue weighted by atomic mass is 32.1. The zero-order chi connectivity index (χ0) is 35.5. The molecule has 50 heavy (non-hydrogen) atoms. The summed E-state index contributed by atoms with van der Waals surface area (Å²) in [7, 11) is 1.77. The van der Waals surface area contributed by atoms with Crippen LogP contribution in [0.1, 0.15) is 100 Å². The minimum Gasteiger partial charge on any atom is -0.461 e. The largest absolute Gasteiger partial charge is 0.461 e. The number of rotatable bonds is 17. The molecule has 0 aliphatic heterocycles.